The first kappa shape index (κ1) is 9.56. The number of hydrogen-bond acceptors (Lipinski definition) is 2. The van der Waals surface area contributed by atoms with E-state index in [1.165, 1.54) is 25.7 Å². The summed E-state index contributed by atoms with van der Waals surface area (Å²) < 4.78 is 1.93. The summed E-state index contributed by atoms with van der Waals surface area (Å²) in [7, 11) is 0. The van der Waals surface area contributed by atoms with E-state index in [4.69, 9.17) is 5.73 Å². The summed E-state index contributed by atoms with van der Waals surface area (Å²) in [6, 6.07) is 1.87. The molecule has 0 spiro atoms. The van der Waals surface area contributed by atoms with E-state index in [9.17, 15) is 0 Å². The lowest BCUT2D eigenvalue weighted by atomic mass is 9.82. The van der Waals surface area contributed by atoms with Crippen LogP contribution in [0.3, 0.4) is 0 Å². The fourth-order valence-electron chi connectivity index (χ4n) is 2.47. The van der Waals surface area contributed by atoms with Gasteiger partial charge in [-0.25, -0.2) is 4.68 Å². The van der Waals surface area contributed by atoms with E-state index in [0.29, 0.717) is 0 Å². The summed E-state index contributed by atoms with van der Waals surface area (Å²) in [5, 5.41) is 4.23. The van der Waals surface area contributed by atoms with Crippen LogP contribution in [0.15, 0.2) is 12.3 Å². The minimum Gasteiger partial charge on any atom is -0.384 e. The third-order valence-corrected chi connectivity index (χ3v) is 3.23. The molecule has 78 valence electrons. The average molecular weight is 193 g/mol. The van der Waals surface area contributed by atoms with E-state index < -0.39 is 0 Å². The lowest BCUT2D eigenvalue weighted by Crippen LogP contribution is -2.20. The van der Waals surface area contributed by atoms with Crippen molar-refractivity contribution in [3.8, 4) is 0 Å². The van der Waals surface area contributed by atoms with Crippen LogP contribution >= 0.6 is 0 Å². The molecule has 1 heterocycles. The van der Waals surface area contributed by atoms with Crippen LogP contribution in [0.1, 0.15) is 32.6 Å². The van der Waals surface area contributed by atoms with Gasteiger partial charge in [-0.15, -0.1) is 0 Å². The molecule has 0 amide bonds. The fourth-order valence-corrected chi connectivity index (χ4v) is 2.47. The van der Waals surface area contributed by atoms with Gasteiger partial charge in [0.2, 0.25) is 0 Å². The molecule has 14 heavy (non-hydrogen) atoms. The molecule has 0 aliphatic heterocycles. The number of rotatable bonds is 2. The summed E-state index contributed by atoms with van der Waals surface area (Å²) >= 11 is 0. The number of aromatic nitrogens is 2. The highest BCUT2D eigenvalue weighted by molar-refractivity contribution is 5.25. The Hall–Kier alpha value is -0.990. The normalized spacial score (nSPS) is 27.8. The number of nitrogens with two attached hydrogens (primary N) is 1. The Bertz CT molecular complexity index is 292. The molecular formula is C11H19N3. The van der Waals surface area contributed by atoms with Crippen molar-refractivity contribution in [1.29, 1.82) is 0 Å². The summed E-state index contributed by atoms with van der Waals surface area (Å²) in [6.45, 7) is 3.35. The molecule has 3 heteroatoms. The van der Waals surface area contributed by atoms with Gasteiger partial charge in [-0.2, -0.15) is 5.10 Å². The quantitative estimate of drug-likeness (QED) is 0.783. The number of nitrogen functional groups attached to an aromatic ring is 1. The second-order valence-electron chi connectivity index (χ2n) is 4.58. The van der Waals surface area contributed by atoms with E-state index in [0.717, 1.165) is 24.2 Å². The van der Waals surface area contributed by atoms with Gasteiger partial charge in [-0.05, 0) is 30.7 Å². The average Bonchev–Trinajstić information content (AvgIpc) is 2.52. The van der Waals surface area contributed by atoms with Crippen molar-refractivity contribution in [2.75, 3.05) is 5.73 Å². The summed E-state index contributed by atoms with van der Waals surface area (Å²) in [6.07, 6.45) is 7.21. The largest absolute Gasteiger partial charge is 0.384 e. The topological polar surface area (TPSA) is 43.8 Å². The molecule has 2 unspecified atom stereocenters. The van der Waals surface area contributed by atoms with Gasteiger partial charge < -0.3 is 5.73 Å². The molecule has 0 bridgehead atoms. The van der Waals surface area contributed by atoms with Crippen molar-refractivity contribution in [3.63, 3.8) is 0 Å². The van der Waals surface area contributed by atoms with Gasteiger partial charge in [0.1, 0.15) is 5.82 Å². The highest BCUT2D eigenvalue weighted by Crippen LogP contribution is 2.29. The van der Waals surface area contributed by atoms with Crippen molar-refractivity contribution in [2.24, 2.45) is 11.8 Å². The van der Waals surface area contributed by atoms with Gasteiger partial charge in [0.25, 0.3) is 0 Å². The third kappa shape index (κ3) is 2.08. The molecule has 1 aromatic rings. The molecule has 1 saturated carbocycles. The van der Waals surface area contributed by atoms with Crippen LogP contribution in [-0.4, -0.2) is 9.78 Å². The summed E-state index contributed by atoms with van der Waals surface area (Å²) in [5.41, 5.74) is 5.79. The Balaban J connectivity index is 1.94. The van der Waals surface area contributed by atoms with Crippen LogP contribution < -0.4 is 5.73 Å². The van der Waals surface area contributed by atoms with E-state index >= 15 is 0 Å². The first-order valence-electron chi connectivity index (χ1n) is 5.53. The lowest BCUT2D eigenvalue weighted by molar-refractivity contribution is 0.251. The number of anilines is 1. The van der Waals surface area contributed by atoms with E-state index in [1.54, 1.807) is 6.20 Å². The predicted molar refractivity (Wildman–Crippen MR) is 57.8 cm³/mol. The number of nitrogens with zero attached hydrogens (tertiary/aromatic N) is 2. The first-order chi connectivity index (χ1) is 6.75. The van der Waals surface area contributed by atoms with Crippen molar-refractivity contribution >= 4 is 5.82 Å². The van der Waals surface area contributed by atoms with Crippen molar-refractivity contribution < 1.29 is 0 Å². The molecule has 1 aliphatic rings. The summed E-state index contributed by atoms with van der Waals surface area (Å²) in [4.78, 5) is 0. The Morgan fingerprint density at radius 3 is 3.07 bits per heavy atom. The van der Waals surface area contributed by atoms with Crippen LogP contribution in [0.5, 0.6) is 0 Å². The fraction of sp³-hybridized carbons (Fsp3) is 0.727. The zero-order valence-electron chi connectivity index (χ0n) is 8.82. The Morgan fingerprint density at radius 2 is 2.43 bits per heavy atom. The Morgan fingerprint density at radius 1 is 1.57 bits per heavy atom. The monoisotopic (exact) mass is 193 g/mol. The molecular weight excluding hydrogens is 174 g/mol. The van der Waals surface area contributed by atoms with Gasteiger partial charge in [-0.3, -0.25) is 0 Å². The molecule has 1 aliphatic carbocycles. The predicted octanol–water partition coefficient (Wildman–Crippen LogP) is 2.29. The second kappa shape index (κ2) is 4.03. The van der Waals surface area contributed by atoms with Gasteiger partial charge >= 0.3 is 0 Å². The maximum Gasteiger partial charge on any atom is 0.121 e. The van der Waals surface area contributed by atoms with Crippen LogP contribution in [-0.2, 0) is 6.54 Å². The minimum absolute atomic E-state index is 0.779. The van der Waals surface area contributed by atoms with Crippen molar-refractivity contribution in [3.05, 3.63) is 12.3 Å². The standard InChI is InChI=1S/C11H19N3/c1-9-3-2-4-10(7-9)8-14-11(12)5-6-13-14/h5-6,9-10H,2-4,7-8,12H2,1H3. The highest BCUT2D eigenvalue weighted by Gasteiger charge is 2.19. The third-order valence-electron chi connectivity index (χ3n) is 3.23. The van der Waals surface area contributed by atoms with Crippen LogP contribution in [0.25, 0.3) is 0 Å². The Kier molecular flexibility index (Phi) is 2.75. The first-order valence-corrected chi connectivity index (χ1v) is 5.53. The van der Waals surface area contributed by atoms with Gasteiger partial charge in [-0.1, -0.05) is 19.8 Å². The zero-order valence-corrected chi connectivity index (χ0v) is 8.82. The van der Waals surface area contributed by atoms with Gasteiger partial charge in [0, 0.05) is 6.54 Å². The van der Waals surface area contributed by atoms with E-state index in [1.807, 2.05) is 10.7 Å². The lowest BCUT2D eigenvalue weighted by Gasteiger charge is -2.26. The molecule has 0 aromatic carbocycles. The molecule has 2 rings (SSSR count). The van der Waals surface area contributed by atoms with E-state index in [-0.39, 0.29) is 0 Å². The Labute approximate surface area is 85.3 Å². The number of hydrogen-bond donors (Lipinski definition) is 1. The maximum atomic E-state index is 5.79. The molecule has 2 N–H and O–H groups in total. The van der Waals surface area contributed by atoms with Gasteiger partial charge in [0.15, 0.2) is 0 Å². The highest BCUT2D eigenvalue weighted by atomic mass is 15.3. The smallest absolute Gasteiger partial charge is 0.121 e. The van der Waals surface area contributed by atoms with Crippen LogP contribution in [0.2, 0.25) is 0 Å². The van der Waals surface area contributed by atoms with Crippen LogP contribution in [0.4, 0.5) is 5.82 Å². The molecule has 0 radical (unpaired) electrons. The van der Waals surface area contributed by atoms with Crippen molar-refractivity contribution in [2.45, 2.75) is 39.2 Å². The minimum atomic E-state index is 0.779. The molecule has 3 nitrogen and oxygen atoms in total. The SMILES string of the molecule is CC1CCCC(Cn2nccc2N)C1. The second-order valence-corrected chi connectivity index (χ2v) is 4.58. The van der Waals surface area contributed by atoms with E-state index in [2.05, 4.69) is 12.0 Å². The molecule has 2 atom stereocenters. The zero-order chi connectivity index (χ0) is 9.97. The summed E-state index contributed by atoms with van der Waals surface area (Å²) in [5.74, 6) is 2.45. The molecule has 1 fully saturated rings. The van der Waals surface area contributed by atoms with Crippen LogP contribution in [0, 0.1) is 11.8 Å². The maximum absolute atomic E-state index is 5.79. The van der Waals surface area contributed by atoms with Crippen molar-refractivity contribution in [1.82, 2.24) is 9.78 Å². The van der Waals surface area contributed by atoms with Gasteiger partial charge in [0.05, 0.1) is 6.20 Å². The molecule has 1 aromatic heterocycles. The molecule has 0 saturated heterocycles.